The lowest BCUT2D eigenvalue weighted by Gasteiger charge is -2.28. The molecule has 1 aromatic heterocycles. The van der Waals surface area contributed by atoms with Crippen LogP contribution in [0.4, 0.5) is 0 Å². The van der Waals surface area contributed by atoms with Crippen molar-refractivity contribution in [3.8, 4) is 17.5 Å². The maximum atomic E-state index is 12.1. The number of nitriles is 1. The smallest absolute Gasteiger partial charge is 0.277 e. The van der Waals surface area contributed by atoms with E-state index in [0.717, 1.165) is 22.9 Å². The molecule has 0 fully saturated rings. The summed E-state index contributed by atoms with van der Waals surface area (Å²) in [6.45, 7) is 5.39. The Bertz CT molecular complexity index is 731. The van der Waals surface area contributed by atoms with E-state index in [-0.39, 0.29) is 11.7 Å². The molecule has 0 aliphatic heterocycles. The molecule has 0 radical (unpaired) electrons. The molecule has 0 aliphatic rings. The highest BCUT2D eigenvalue weighted by molar-refractivity contribution is 7.99. The largest absolute Gasteiger partial charge is 0.411 e. The van der Waals surface area contributed by atoms with Gasteiger partial charge in [0.15, 0.2) is 0 Å². The van der Waals surface area contributed by atoms with Crippen LogP contribution in [0.3, 0.4) is 0 Å². The first-order chi connectivity index (χ1) is 10.8. The second-order valence-electron chi connectivity index (χ2n) is 5.65. The van der Waals surface area contributed by atoms with Crippen molar-refractivity contribution >= 4 is 17.7 Å². The predicted molar refractivity (Wildman–Crippen MR) is 87.7 cm³/mol. The van der Waals surface area contributed by atoms with Gasteiger partial charge in [0.05, 0.1) is 11.8 Å². The molecule has 0 bridgehead atoms. The molecule has 0 unspecified atom stereocenters. The minimum absolute atomic E-state index is 0.136. The number of nitrogens with zero attached hydrogens (tertiary/aromatic N) is 4. The van der Waals surface area contributed by atoms with Gasteiger partial charge < -0.3 is 9.32 Å². The third kappa shape index (κ3) is 4.11. The Labute approximate surface area is 139 Å². The zero-order valence-corrected chi connectivity index (χ0v) is 14.3. The molecule has 1 heterocycles. The lowest BCUT2D eigenvalue weighted by atomic mass is 10.1. The Morgan fingerprint density at radius 1 is 1.35 bits per heavy atom. The summed E-state index contributed by atoms with van der Waals surface area (Å²) in [7, 11) is 1.61. The molecule has 120 valence electrons. The molecular formula is C16H18N4O2S. The van der Waals surface area contributed by atoms with E-state index in [1.807, 2.05) is 31.2 Å². The van der Waals surface area contributed by atoms with Gasteiger partial charge in [-0.1, -0.05) is 29.5 Å². The van der Waals surface area contributed by atoms with E-state index in [9.17, 15) is 4.79 Å². The van der Waals surface area contributed by atoms with E-state index in [0.29, 0.717) is 11.1 Å². The van der Waals surface area contributed by atoms with Crippen LogP contribution < -0.4 is 0 Å². The molecule has 0 N–H and O–H groups in total. The van der Waals surface area contributed by atoms with Crippen LogP contribution in [0.15, 0.2) is 33.9 Å². The number of carbonyl (C=O) groups is 1. The van der Waals surface area contributed by atoms with E-state index >= 15 is 0 Å². The number of amides is 1. The van der Waals surface area contributed by atoms with Crippen molar-refractivity contribution in [3.05, 3.63) is 29.8 Å². The van der Waals surface area contributed by atoms with Gasteiger partial charge in [-0.3, -0.25) is 4.79 Å². The summed E-state index contributed by atoms with van der Waals surface area (Å²) in [5, 5.41) is 17.3. The van der Waals surface area contributed by atoms with Crippen LogP contribution in [0.25, 0.3) is 11.5 Å². The minimum Gasteiger partial charge on any atom is -0.411 e. The molecule has 0 saturated heterocycles. The number of carbonyl (C=O) groups excluding carboxylic acids is 1. The van der Waals surface area contributed by atoms with Gasteiger partial charge in [-0.25, -0.2) is 0 Å². The van der Waals surface area contributed by atoms with Crippen molar-refractivity contribution in [2.45, 2.75) is 31.5 Å². The van der Waals surface area contributed by atoms with Crippen LogP contribution in [-0.2, 0) is 4.79 Å². The lowest BCUT2D eigenvalue weighted by Crippen LogP contribution is -2.44. The highest BCUT2D eigenvalue weighted by Crippen LogP contribution is 2.24. The summed E-state index contributed by atoms with van der Waals surface area (Å²) in [6.07, 6.45) is 0. The van der Waals surface area contributed by atoms with Gasteiger partial charge in [-0.15, -0.1) is 10.2 Å². The Balaban J connectivity index is 1.99. The van der Waals surface area contributed by atoms with Gasteiger partial charge in [0.1, 0.15) is 5.54 Å². The molecule has 23 heavy (non-hydrogen) atoms. The molecule has 0 spiro atoms. The van der Waals surface area contributed by atoms with Gasteiger partial charge >= 0.3 is 0 Å². The molecule has 7 heteroatoms. The Hall–Kier alpha value is -2.33. The standard InChI is InChI=1S/C16H18N4O2S/c1-11-5-7-12(8-6-11)14-18-19-15(22-14)23-9-13(21)20(4)16(2,3)10-17/h5-8H,9H2,1-4H3. The molecule has 2 aromatic rings. The average molecular weight is 330 g/mol. The second-order valence-corrected chi connectivity index (χ2v) is 6.58. The Morgan fingerprint density at radius 2 is 2.00 bits per heavy atom. The van der Waals surface area contributed by atoms with E-state index in [1.165, 1.54) is 4.90 Å². The summed E-state index contributed by atoms with van der Waals surface area (Å²) in [5.74, 6) is 0.388. The first kappa shape index (κ1) is 17.0. The maximum absolute atomic E-state index is 12.1. The Morgan fingerprint density at radius 3 is 2.61 bits per heavy atom. The topological polar surface area (TPSA) is 83.0 Å². The monoisotopic (exact) mass is 330 g/mol. The number of hydrogen-bond acceptors (Lipinski definition) is 6. The van der Waals surface area contributed by atoms with Crippen molar-refractivity contribution in [3.63, 3.8) is 0 Å². The van der Waals surface area contributed by atoms with Gasteiger partial charge in [-0.05, 0) is 32.9 Å². The van der Waals surface area contributed by atoms with Crippen LogP contribution in [-0.4, -0.2) is 39.3 Å². The van der Waals surface area contributed by atoms with E-state index < -0.39 is 5.54 Å². The van der Waals surface area contributed by atoms with Crippen LogP contribution >= 0.6 is 11.8 Å². The van der Waals surface area contributed by atoms with Gasteiger partial charge in [0.25, 0.3) is 5.22 Å². The maximum Gasteiger partial charge on any atom is 0.277 e. The molecule has 0 aliphatic carbocycles. The molecule has 0 saturated carbocycles. The number of thioether (sulfide) groups is 1. The van der Waals surface area contributed by atoms with E-state index in [1.54, 1.807) is 20.9 Å². The van der Waals surface area contributed by atoms with Crippen molar-refractivity contribution in [1.82, 2.24) is 15.1 Å². The summed E-state index contributed by atoms with van der Waals surface area (Å²) in [5.41, 5.74) is 1.14. The zero-order chi connectivity index (χ0) is 17.0. The molecule has 1 amide bonds. The molecule has 0 atom stereocenters. The summed E-state index contributed by atoms with van der Waals surface area (Å²) in [4.78, 5) is 13.5. The quantitative estimate of drug-likeness (QED) is 0.784. The van der Waals surface area contributed by atoms with Gasteiger partial charge in [-0.2, -0.15) is 5.26 Å². The van der Waals surface area contributed by atoms with Crippen LogP contribution in [0.5, 0.6) is 0 Å². The van der Waals surface area contributed by atoms with E-state index in [2.05, 4.69) is 16.3 Å². The highest BCUT2D eigenvalue weighted by Gasteiger charge is 2.27. The third-order valence-corrected chi connectivity index (χ3v) is 4.31. The Kier molecular flexibility index (Phi) is 5.06. The fourth-order valence-electron chi connectivity index (χ4n) is 1.69. The molecule has 6 nitrogen and oxygen atoms in total. The molecular weight excluding hydrogens is 312 g/mol. The number of hydrogen-bond donors (Lipinski definition) is 0. The highest BCUT2D eigenvalue weighted by atomic mass is 32.2. The number of aryl methyl sites for hydroxylation is 1. The zero-order valence-electron chi connectivity index (χ0n) is 13.5. The average Bonchev–Trinajstić information content (AvgIpc) is 3.01. The molecule has 2 rings (SSSR count). The first-order valence-electron chi connectivity index (χ1n) is 7.05. The SMILES string of the molecule is Cc1ccc(-c2nnc(SCC(=O)N(C)C(C)(C)C#N)o2)cc1. The number of benzene rings is 1. The minimum atomic E-state index is -0.848. The van der Waals surface area contributed by atoms with Gasteiger partial charge in [0, 0.05) is 12.6 Å². The van der Waals surface area contributed by atoms with Crippen molar-refractivity contribution in [1.29, 1.82) is 5.26 Å². The normalized spacial score (nSPS) is 11.1. The lowest BCUT2D eigenvalue weighted by molar-refractivity contribution is -0.130. The first-order valence-corrected chi connectivity index (χ1v) is 8.03. The number of rotatable bonds is 5. The van der Waals surface area contributed by atoms with Crippen molar-refractivity contribution < 1.29 is 9.21 Å². The summed E-state index contributed by atoms with van der Waals surface area (Å²) < 4.78 is 5.56. The summed E-state index contributed by atoms with van der Waals surface area (Å²) in [6, 6.07) is 9.85. The van der Waals surface area contributed by atoms with Gasteiger partial charge in [0.2, 0.25) is 11.8 Å². The fraction of sp³-hybridized carbons (Fsp3) is 0.375. The number of aromatic nitrogens is 2. The van der Waals surface area contributed by atoms with Crippen LogP contribution in [0.1, 0.15) is 19.4 Å². The van der Waals surface area contributed by atoms with E-state index in [4.69, 9.17) is 9.68 Å². The third-order valence-electron chi connectivity index (χ3n) is 3.51. The fourth-order valence-corrected chi connectivity index (χ4v) is 2.36. The van der Waals surface area contributed by atoms with Crippen molar-refractivity contribution in [2.24, 2.45) is 0 Å². The summed E-state index contributed by atoms with van der Waals surface area (Å²) >= 11 is 1.16. The van der Waals surface area contributed by atoms with Crippen LogP contribution in [0.2, 0.25) is 0 Å². The van der Waals surface area contributed by atoms with Crippen LogP contribution in [0, 0.1) is 18.3 Å². The van der Waals surface area contributed by atoms with Crippen molar-refractivity contribution in [2.75, 3.05) is 12.8 Å². The molecule has 1 aromatic carbocycles. The predicted octanol–water partition coefficient (Wildman–Crippen LogP) is 2.90. The second kappa shape index (κ2) is 6.84.